The normalized spacial score (nSPS) is 12.4. The van der Waals surface area contributed by atoms with E-state index in [2.05, 4.69) is 5.32 Å². The quantitative estimate of drug-likeness (QED) is 0.659. The average Bonchev–Trinajstić information content (AvgIpc) is 2.76. The molecule has 0 saturated carbocycles. The fraction of sp³-hybridized carbons (Fsp3) is 0.217. The van der Waals surface area contributed by atoms with Crippen molar-refractivity contribution in [3.63, 3.8) is 0 Å². The smallest absolute Gasteiger partial charge is 0.252 e. The topological polar surface area (TPSA) is 69.6 Å². The third-order valence-electron chi connectivity index (χ3n) is 4.85. The Kier molecular flexibility index (Phi) is 6.05. The number of halogens is 1. The third-order valence-corrected chi connectivity index (χ3v) is 5.22. The van der Waals surface area contributed by atoms with E-state index in [0.29, 0.717) is 43.3 Å². The summed E-state index contributed by atoms with van der Waals surface area (Å²) in [5, 5.41) is 3.48. The molecule has 0 saturated heterocycles. The fourth-order valence-corrected chi connectivity index (χ4v) is 3.46. The van der Waals surface area contributed by atoms with Gasteiger partial charge in [0.15, 0.2) is 11.5 Å². The standard InChI is InChI=1S/C23H21ClN2O4/c24-19-4-2-1-3-17(19)14-26-15-18(6-8-22(26)27)23(28)25-10-9-16-5-7-20-21(13-16)30-12-11-29-20/h1-8,13,15H,9-12,14H2,(H,25,28). The molecule has 3 aromatic rings. The molecule has 0 spiro atoms. The zero-order valence-electron chi connectivity index (χ0n) is 16.3. The molecule has 0 bridgehead atoms. The second kappa shape index (κ2) is 9.05. The van der Waals surface area contributed by atoms with E-state index in [1.807, 2.05) is 36.4 Å². The highest BCUT2D eigenvalue weighted by molar-refractivity contribution is 6.31. The molecule has 0 radical (unpaired) electrons. The number of ether oxygens (including phenoxy) is 2. The molecule has 2 aromatic carbocycles. The van der Waals surface area contributed by atoms with Gasteiger partial charge < -0.3 is 19.4 Å². The lowest BCUT2D eigenvalue weighted by Gasteiger charge is -2.18. The Morgan fingerprint density at radius 3 is 2.67 bits per heavy atom. The first kappa shape index (κ1) is 20.0. The van der Waals surface area contributed by atoms with Crippen LogP contribution < -0.4 is 20.3 Å². The Hall–Kier alpha value is -3.25. The van der Waals surface area contributed by atoms with E-state index < -0.39 is 0 Å². The number of amides is 1. The van der Waals surface area contributed by atoms with Gasteiger partial charge in [-0.2, -0.15) is 0 Å². The van der Waals surface area contributed by atoms with Crippen molar-refractivity contribution in [1.82, 2.24) is 9.88 Å². The zero-order chi connectivity index (χ0) is 20.9. The van der Waals surface area contributed by atoms with Crippen molar-refractivity contribution in [1.29, 1.82) is 0 Å². The number of hydrogen-bond donors (Lipinski definition) is 1. The van der Waals surface area contributed by atoms with Gasteiger partial charge >= 0.3 is 0 Å². The molecule has 0 aliphatic carbocycles. The summed E-state index contributed by atoms with van der Waals surface area (Å²) in [6.07, 6.45) is 2.21. The number of carbonyl (C=O) groups excluding carboxylic acids is 1. The van der Waals surface area contributed by atoms with E-state index in [1.165, 1.54) is 16.7 Å². The van der Waals surface area contributed by atoms with Crippen molar-refractivity contribution >= 4 is 17.5 Å². The number of aromatic nitrogens is 1. The number of carbonyl (C=O) groups is 1. The molecule has 154 valence electrons. The molecule has 1 amide bonds. The van der Waals surface area contributed by atoms with Crippen molar-refractivity contribution in [2.75, 3.05) is 19.8 Å². The maximum Gasteiger partial charge on any atom is 0.252 e. The minimum atomic E-state index is -0.236. The van der Waals surface area contributed by atoms with Crippen LogP contribution in [-0.4, -0.2) is 30.2 Å². The van der Waals surface area contributed by atoms with Gasteiger partial charge in [0.1, 0.15) is 13.2 Å². The van der Waals surface area contributed by atoms with Crippen LogP contribution >= 0.6 is 11.6 Å². The molecule has 6 nitrogen and oxygen atoms in total. The summed E-state index contributed by atoms with van der Waals surface area (Å²) in [4.78, 5) is 24.7. The molecule has 0 unspecified atom stereocenters. The van der Waals surface area contributed by atoms with Crippen LogP contribution in [0.4, 0.5) is 0 Å². The fourth-order valence-electron chi connectivity index (χ4n) is 3.27. The summed E-state index contributed by atoms with van der Waals surface area (Å²) in [7, 11) is 0. The van der Waals surface area contributed by atoms with Gasteiger partial charge in [0.2, 0.25) is 0 Å². The number of benzene rings is 2. The van der Waals surface area contributed by atoms with E-state index >= 15 is 0 Å². The third kappa shape index (κ3) is 4.66. The van der Waals surface area contributed by atoms with E-state index in [9.17, 15) is 9.59 Å². The largest absolute Gasteiger partial charge is 0.486 e. The minimum absolute atomic E-state index is 0.192. The van der Waals surface area contributed by atoms with E-state index in [-0.39, 0.29) is 11.5 Å². The van der Waals surface area contributed by atoms with Crippen LogP contribution in [0.15, 0.2) is 65.6 Å². The molecular weight excluding hydrogens is 404 g/mol. The lowest BCUT2D eigenvalue weighted by atomic mass is 10.1. The van der Waals surface area contributed by atoms with Crippen LogP contribution in [0.25, 0.3) is 0 Å². The molecule has 7 heteroatoms. The predicted molar refractivity (Wildman–Crippen MR) is 115 cm³/mol. The summed E-state index contributed by atoms with van der Waals surface area (Å²) < 4.78 is 12.6. The molecule has 2 heterocycles. The summed E-state index contributed by atoms with van der Waals surface area (Å²) in [6.45, 7) is 1.86. The SMILES string of the molecule is O=C(NCCc1ccc2c(c1)OCCO2)c1ccc(=O)n(Cc2ccccc2Cl)c1. The highest BCUT2D eigenvalue weighted by Crippen LogP contribution is 2.30. The molecule has 1 aromatic heterocycles. The number of nitrogens with zero attached hydrogens (tertiary/aromatic N) is 1. The van der Waals surface area contributed by atoms with Gasteiger partial charge in [-0.05, 0) is 41.8 Å². The van der Waals surface area contributed by atoms with Crippen molar-refractivity contribution in [3.8, 4) is 11.5 Å². The summed E-state index contributed by atoms with van der Waals surface area (Å²) in [5.74, 6) is 1.24. The lowest BCUT2D eigenvalue weighted by molar-refractivity contribution is 0.0953. The highest BCUT2D eigenvalue weighted by atomic mass is 35.5. The summed E-state index contributed by atoms with van der Waals surface area (Å²) >= 11 is 6.19. The number of hydrogen-bond acceptors (Lipinski definition) is 4. The average molecular weight is 425 g/mol. The number of rotatable bonds is 6. The van der Waals surface area contributed by atoms with Crippen molar-refractivity contribution in [3.05, 3.63) is 92.9 Å². The molecule has 1 N–H and O–H groups in total. The van der Waals surface area contributed by atoms with Gasteiger partial charge in [-0.25, -0.2) is 0 Å². The first-order valence-electron chi connectivity index (χ1n) is 9.71. The summed E-state index contributed by atoms with van der Waals surface area (Å²) in [6, 6.07) is 16.0. The first-order valence-corrected chi connectivity index (χ1v) is 10.1. The van der Waals surface area contributed by atoms with E-state index in [1.54, 1.807) is 12.3 Å². The number of pyridine rings is 1. The monoisotopic (exact) mass is 424 g/mol. The maximum absolute atomic E-state index is 12.6. The molecule has 0 atom stereocenters. The highest BCUT2D eigenvalue weighted by Gasteiger charge is 2.12. The molecular formula is C23H21ClN2O4. The Morgan fingerprint density at radius 2 is 1.83 bits per heavy atom. The number of fused-ring (bicyclic) bond motifs is 1. The molecule has 30 heavy (non-hydrogen) atoms. The second-order valence-corrected chi connectivity index (χ2v) is 7.37. The van der Waals surface area contributed by atoms with Crippen LogP contribution in [-0.2, 0) is 13.0 Å². The van der Waals surface area contributed by atoms with Crippen LogP contribution in [0.1, 0.15) is 21.5 Å². The molecule has 4 rings (SSSR count). The van der Waals surface area contributed by atoms with Crippen LogP contribution in [0.3, 0.4) is 0 Å². The lowest BCUT2D eigenvalue weighted by Crippen LogP contribution is -2.28. The predicted octanol–water partition coefficient (Wildman–Crippen LogP) is 3.29. The van der Waals surface area contributed by atoms with E-state index in [4.69, 9.17) is 21.1 Å². The van der Waals surface area contributed by atoms with Gasteiger partial charge in [-0.3, -0.25) is 9.59 Å². The maximum atomic E-state index is 12.6. The van der Waals surface area contributed by atoms with Crippen molar-refractivity contribution < 1.29 is 14.3 Å². The van der Waals surface area contributed by atoms with Crippen LogP contribution in [0.2, 0.25) is 5.02 Å². The van der Waals surface area contributed by atoms with Crippen LogP contribution in [0.5, 0.6) is 11.5 Å². The van der Waals surface area contributed by atoms with Gasteiger partial charge in [-0.15, -0.1) is 0 Å². The first-order chi connectivity index (χ1) is 14.6. The van der Waals surface area contributed by atoms with Gasteiger partial charge in [-0.1, -0.05) is 35.9 Å². The Labute approximate surface area is 179 Å². The Morgan fingerprint density at radius 1 is 1.03 bits per heavy atom. The molecule has 1 aliphatic heterocycles. The van der Waals surface area contributed by atoms with Gasteiger partial charge in [0.05, 0.1) is 12.1 Å². The van der Waals surface area contributed by atoms with Gasteiger partial charge in [0, 0.05) is 23.8 Å². The zero-order valence-corrected chi connectivity index (χ0v) is 17.0. The second-order valence-electron chi connectivity index (χ2n) is 6.96. The van der Waals surface area contributed by atoms with Crippen molar-refractivity contribution in [2.24, 2.45) is 0 Å². The number of nitrogens with one attached hydrogen (secondary N) is 1. The Bertz CT molecular complexity index is 1130. The molecule has 1 aliphatic rings. The van der Waals surface area contributed by atoms with Crippen LogP contribution in [0, 0.1) is 0 Å². The minimum Gasteiger partial charge on any atom is -0.486 e. The van der Waals surface area contributed by atoms with Crippen molar-refractivity contribution in [2.45, 2.75) is 13.0 Å². The van der Waals surface area contributed by atoms with E-state index in [0.717, 1.165) is 22.6 Å². The summed E-state index contributed by atoms with van der Waals surface area (Å²) in [5.41, 5.74) is 2.09. The molecule has 0 fully saturated rings. The van der Waals surface area contributed by atoms with Gasteiger partial charge in [0.25, 0.3) is 11.5 Å². The Balaban J connectivity index is 1.39.